The van der Waals surface area contributed by atoms with Gasteiger partial charge < -0.3 is 10.1 Å². The van der Waals surface area contributed by atoms with Gasteiger partial charge in [-0.25, -0.2) is 9.38 Å². The van der Waals surface area contributed by atoms with Crippen LogP contribution >= 0.6 is 11.3 Å². The Morgan fingerprint density at radius 1 is 1.00 bits per heavy atom. The molecule has 0 spiro atoms. The molecule has 0 saturated heterocycles. The van der Waals surface area contributed by atoms with Crippen molar-refractivity contribution in [3.05, 3.63) is 99.3 Å². The van der Waals surface area contributed by atoms with Crippen molar-refractivity contribution < 1.29 is 9.53 Å². The third-order valence-corrected chi connectivity index (χ3v) is 5.72. The summed E-state index contributed by atoms with van der Waals surface area (Å²) in [4.78, 5) is 30.0. The summed E-state index contributed by atoms with van der Waals surface area (Å²) in [6.45, 7) is -0.0855. The van der Waals surface area contributed by atoms with Crippen molar-refractivity contribution in [3.8, 4) is 5.75 Å². The summed E-state index contributed by atoms with van der Waals surface area (Å²) in [6, 6.07) is 24.1. The van der Waals surface area contributed by atoms with E-state index in [1.54, 1.807) is 16.5 Å². The molecular weight excluding hydrogens is 410 g/mol. The number of ether oxygens (including phenoxy) is 1. The molecule has 1 N–H and O–H groups in total. The molecule has 0 atom stereocenters. The van der Waals surface area contributed by atoms with Crippen molar-refractivity contribution in [1.29, 1.82) is 0 Å². The lowest BCUT2D eigenvalue weighted by Crippen LogP contribution is -2.22. The van der Waals surface area contributed by atoms with Gasteiger partial charge in [0.15, 0.2) is 11.6 Å². The van der Waals surface area contributed by atoms with Crippen LogP contribution in [0.4, 0.5) is 5.69 Å². The van der Waals surface area contributed by atoms with E-state index >= 15 is 0 Å². The Morgan fingerprint density at radius 3 is 2.55 bits per heavy atom. The van der Waals surface area contributed by atoms with Gasteiger partial charge in [0, 0.05) is 5.69 Å². The highest BCUT2D eigenvalue weighted by Crippen LogP contribution is 2.16. The van der Waals surface area contributed by atoms with E-state index in [1.807, 2.05) is 72.8 Å². The first-order valence-corrected chi connectivity index (χ1v) is 10.5. The molecule has 0 unspecified atom stereocenters. The SMILES string of the molecule is O=C(COc1ccc(/C=c2\sc3nc4ccccc4n3c2=O)cc1)Nc1ccccc1. The van der Waals surface area contributed by atoms with Crippen LogP contribution in [-0.4, -0.2) is 21.9 Å². The van der Waals surface area contributed by atoms with Crippen molar-refractivity contribution in [2.75, 3.05) is 11.9 Å². The van der Waals surface area contributed by atoms with Crippen molar-refractivity contribution in [2.24, 2.45) is 0 Å². The Bertz CT molecular complexity index is 1490. The summed E-state index contributed by atoms with van der Waals surface area (Å²) in [5, 5.41) is 2.77. The Labute approximate surface area is 181 Å². The van der Waals surface area contributed by atoms with Gasteiger partial charge in [0.1, 0.15) is 5.75 Å². The minimum Gasteiger partial charge on any atom is -0.484 e. The number of carbonyl (C=O) groups excluding carboxylic acids is 1. The van der Waals surface area contributed by atoms with Gasteiger partial charge in [-0.05, 0) is 48.0 Å². The Kier molecular flexibility index (Phi) is 4.93. The van der Waals surface area contributed by atoms with Gasteiger partial charge in [-0.3, -0.25) is 9.59 Å². The van der Waals surface area contributed by atoms with E-state index in [2.05, 4.69) is 10.3 Å². The molecule has 0 radical (unpaired) electrons. The zero-order chi connectivity index (χ0) is 21.2. The maximum absolute atomic E-state index is 12.8. The molecule has 0 aliphatic heterocycles. The molecule has 0 bridgehead atoms. The fourth-order valence-electron chi connectivity index (χ4n) is 3.29. The number of nitrogens with zero attached hydrogens (tertiary/aromatic N) is 2. The highest BCUT2D eigenvalue weighted by atomic mass is 32.1. The number of para-hydroxylation sites is 3. The Balaban J connectivity index is 1.31. The molecule has 0 saturated carbocycles. The fraction of sp³-hybridized carbons (Fsp3) is 0.0417. The summed E-state index contributed by atoms with van der Waals surface area (Å²) in [7, 11) is 0. The number of carbonyl (C=O) groups is 1. The minimum atomic E-state index is -0.230. The van der Waals surface area contributed by atoms with Gasteiger partial charge in [-0.1, -0.05) is 53.8 Å². The minimum absolute atomic E-state index is 0.0772. The van der Waals surface area contributed by atoms with Crippen LogP contribution < -0.4 is 20.1 Å². The summed E-state index contributed by atoms with van der Waals surface area (Å²) >= 11 is 1.36. The smallest absolute Gasteiger partial charge is 0.274 e. The first kappa shape index (κ1) is 19.0. The van der Waals surface area contributed by atoms with Crippen molar-refractivity contribution in [1.82, 2.24) is 9.38 Å². The third-order valence-electron chi connectivity index (χ3n) is 4.75. The molecule has 152 valence electrons. The number of anilines is 1. The molecule has 0 aliphatic carbocycles. The van der Waals surface area contributed by atoms with Crippen molar-refractivity contribution >= 4 is 45.0 Å². The molecule has 0 aliphatic rings. The van der Waals surface area contributed by atoms with Crippen LogP contribution in [0.1, 0.15) is 5.56 Å². The number of hydrogen-bond donors (Lipinski definition) is 1. The van der Waals surface area contributed by atoms with E-state index < -0.39 is 0 Å². The molecule has 2 aromatic heterocycles. The number of rotatable bonds is 5. The fourth-order valence-corrected chi connectivity index (χ4v) is 4.28. The predicted molar refractivity (Wildman–Crippen MR) is 123 cm³/mol. The molecule has 5 aromatic rings. The summed E-state index contributed by atoms with van der Waals surface area (Å²) in [6.07, 6.45) is 1.84. The van der Waals surface area contributed by atoms with Crippen LogP contribution in [0.15, 0.2) is 83.7 Å². The Morgan fingerprint density at radius 2 is 1.74 bits per heavy atom. The second-order valence-electron chi connectivity index (χ2n) is 6.91. The number of fused-ring (bicyclic) bond motifs is 3. The van der Waals surface area contributed by atoms with Crippen LogP contribution in [-0.2, 0) is 4.79 Å². The number of benzene rings is 3. The second-order valence-corrected chi connectivity index (χ2v) is 7.92. The quantitative estimate of drug-likeness (QED) is 0.466. The van der Waals surface area contributed by atoms with Crippen LogP contribution in [0.3, 0.4) is 0 Å². The molecule has 0 fully saturated rings. The van der Waals surface area contributed by atoms with Crippen LogP contribution in [0.2, 0.25) is 0 Å². The van der Waals surface area contributed by atoms with Gasteiger partial charge in [-0.15, -0.1) is 0 Å². The zero-order valence-corrected chi connectivity index (χ0v) is 17.1. The molecule has 7 heteroatoms. The molecule has 3 aromatic carbocycles. The van der Waals surface area contributed by atoms with E-state index in [4.69, 9.17) is 4.74 Å². The summed E-state index contributed by atoms with van der Waals surface area (Å²) in [5.41, 5.74) is 3.15. The van der Waals surface area contributed by atoms with E-state index in [0.717, 1.165) is 22.3 Å². The van der Waals surface area contributed by atoms with Crippen molar-refractivity contribution in [2.45, 2.75) is 0 Å². The number of nitrogens with one attached hydrogen (secondary N) is 1. The second kappa shape index (κ2) is 8.04. The van der Waals surface area contributed by atoms with Gasteiger partial charge in [0.05, 0.1) is 15.6 Å². The maximum Gasteiger partial charge on any atom is 0.274 e. The molecular formula is C24H17N3O3S. The maximum atomic E-state index is 12.8. The van der Waals surface area contributed by atoms with Crippen LogP contribution in [0, 0.1) is 0 Å². The van der Waals surface area contributed by atoms with E-state index in [1.165, 1.54) is 11.3 Å². The number of imidazole rings is 1. The average molecular weight is 427 g/mol. The van der Waals surface area contributed by atoms with E-state index in [0.29, 0.717) is 15.2 Å². The lowest BCUT2D eigenvalue weighted by atomic mass is 10.2. The topological polar surface area (TPSA) is 72.7 Å². The largest absolute Gasteiger partial charge is 0.484 e. The highest BCUT2D eigenvalue weighted by Gasteiger charge is 2.10. The molecule has 5 rings (SSSR count). The number of thiazole rings is 1. The third kappa shape index (κ3) is 3.91. The molecule has 2 heterocycles. The number of aromatic nitrogens is 2. The number of amides is 1. The highest BCUT2D eigenvalue weighted by molar-refractivity contribution is 7.15. The van der Waals surface area contributed by atoms with Gasteiger partial charge in [0.2, 0.25) is 0 Å². The summed E-state index contributed by atoms with van der Waals surface area (Å²) in [5.74, 6) is 0.349. The van der Waals surface area contributed by atoms with Gasteiger partial charge >= 0.3 is 0 Å². The lowest BCUT2D eigenvalue weighted by Gasteiger charge is -2.07. The standard InChI is InChI=1S/C24H17N3O3S/c28-22(25-17-6-2-1-3-7-17)15-30-18-12-10-16(11-13-18)14-21-23(29)27-20-9-5-4-8-19(20)26-24(27)31-21/h1-14H,15H2,(H,25,28)/b21-14-. The average Bonchev–Trinajstić information content (AvgIpc) is 3.30. The number of hydrogen-bond acceptors (Lipinski definition) is 5. The van der Waals surface area contributed by atoms with Gasteiger partial charge in [-0.2, -0.15) is 0 Å². The lowest BCUT2D eigenvalue weighted by molar-refractivity contribution is -0.118. The molecule has 1 amide bonds. The van der Waals surface area contributed by atoms with E-state index in [-0.39, 0.29) is 18.1 Å². The van der Waals surface area contributed by atoms with Crippen molar-refractivity contribution in [3.63, 3.8) is 0 Å². The van der Waals surface area contributed by atoms with Crippen LogP contribution in [0.25, 0.3) is 22.1 Å². The first-order chi connectivity index (χ1) is 15.2. The molecule has 31 heavy (non-hydrogen) atoms. The normalized spacial score (nSPS) is 11.8. The molecule has 6 nitrogen and oxygen atoms in total. The predicted octanol–water partition coefficient (Wildman–Crippen LogP) is 3.47. The monoisotopic (exact) mass is 427 g/mol. The van der Waals surface area contributed by atoms with Gasteiger partial charge in [0.25, 0.3) is 11.5 Å². The first-order valence-electron chi connectivity index (χ1n) is 9.67. The summed E-state index contributed by atoms with van der Waals surface area (Å²) < 4.78 is 7.82. The zero-order valence-electron chi connectivity index (χ0n) is 16.3. The van der Waals surface area contributed by atoms with E-state index in [9.17, 15) is 9.59 Å². The Hall–Kier alpha value is -3.97. The van der Waals surface area contributed by atoms with Crippen LogP contribution in [0.5, 0.6) is 5.75 Å².